The molecule has 2 rings (SSSR count). The molecule has 4 heteroatoms. The first-order valence-corrected chi connectivity index (χ1v) is 5.56. The van der Waals surface area contributed by atoms with Gasteiger partial charge in [0.25, 0.3) is 0 Å². The SMILES string of the molecule is CC(Sc1ncc[nH]1)c1ccccc1F. The first-order valence-electron chi connectivity index (χ1n) is 4.68. The Labute approximate surface area is 91.9 Å². The molecule has 1 aromatic carbocycles. The van der Waals surface area contributed by atoms with Crippen LogP contribution in [0.4, 0.5) is 4.39 Å². The Bertz CT molecular complexity index is 428. The number of halogens is 1. The molecule has 78 valence electrons. The van der Waals surface area contributed by atoms with Gasteiger partial charge in [-0.2, -0.15) is 0 Å². The minimum atomic E-state index is -0.163. The second-order valence-electron chi connectivity index (χ2n) is 3.18. The molecule has 0 radical (unpaired) electrons. The van der Waals surface area contributed by atoms with Crippen molar-refractivity contribution >= 4 is 11.8 Å². The van der Waals surface area contributed by atoms with Crippen LogP contribution in [0.3, 0.4) is 0 Å². The highest BCUT2D eigenvalue weighted by Crippen LogP contribution is 2.33. The van der Waals surface area contributed by atoms with Gasteiger partial charge in [-0.05, 0) is 13.0 Å². The summed E-state index contributed by atoms with van der Waals surface area (Å²) >= 11 is 1.51. The third-order valence-corrected chi connectivity index (χ3v) is 3.16. The van der Waals surface area contributed by atoms with Gasteiger partial charge in [0, 0.05) is 23.2 Å². The van der Waals surface area contributed by atoms with Gasteiger partial charge in [-0.1, -0.05) is 30.0 Å². The summed E-state index contributed by atoms with van der Waals surface area (Å²) in [4.78, 5) is 7.08. The first kappa shape index (κ1) is 10.2. The third kappa shape index (κ3) is 2.39. The molecule has 2 aromatic rings. The Kier molecular flexibility index (Phi) is 3.06. The van der Waals surface area contributed by atoms with Crippen LogP contribution in [0.2, 0.25) is 0 Å². The van der Waals surface area contributed by atoms with Crippen LogP contribution in [0.1, 0.15) is 17.7 Å². The van der Waals surface area contributed by atoms with E-state index in [0.29, 0.717) is 5.56 Å². The maximum atomic E-state index is 13.4. The van der Waals surface area contributed by atoms with Crippen LogP contribution in [0, 0.1) is 5.82 Å². The fraction of sp³-hybridized carbons (Fsp3) is 0.182. The lowest BCUT2D eigenvalue weighted by Crippen LogP contribution is -1.93. The summed E-state index contributed by atoms with van der Waals surface area (Å²) in [5.41, 5.74) is 0.707. The number of imidazole rings is 1. The fourth-order valence-electron chi connectivity index (χ4n) is 1.35. The van der Waals surface area contributed by atoms with E-state index in [1.807, 2.05) is 13.0 Å². The molecule has 0 fully saturated rings. The van der Waals surface area contributed by atoms with Crippen molar-refractivity contribution in [3.05, 3.63) is 48.0 Å². The zero-order valence-electron chi connectivity index (χ0n) is 8.27. The van der Waals surface area contributed by atoms with Gasteiger partial charge in [0.2, 0.25) is 0 Å². The molecule has 0 aliphatic carbocycles. The molecule has 1 atom stereocenters. The molecule has 2 nitrogen and oxygen atoms in total. The molecule has 1 N–H and O–H groups in total. The highest BCUT2D eigenvalue weighted by atomic mass is 32.2. The van der Waals surface area contributed by atoms with Crippen molar-refractivity contribution in [3.8, 4) is 0 Å². The number of rotatable bonds is 3. The molecule has 0 spiro atoms. The van der Waals surface area contributed by atoms with Gasteiger partial charge in [0.1, 0.15) is 5.82 Å². The maximum Gasteiger partial charge on any atom is 0.165 e. The fourth-order valence-corrected chi connectivity index (χ4v) is 2.26. The summed E-state index contributed by atoms with van der Waals surface area (Å²) in [7, 11) is 0. The standard InChI is InChI=1S/C11H11FN2S/c1-8(15-11-13-6-7-14-11)9-4-2-3-5-10(9)12/h2-8H,1H3,(H,13,14). The van der Waals surface area contributed by atoms with Crippen LogP contribution in [0.25, 0.3) is 0 Å². The van der Waals surface area contributed by atoms with Crippen molar-refractivity contribution in [3.63, 3.8) is 0 Å². The third-order valence-electron chi connectivity index (χ3n) is 2.10. The lowest BCUT2D eigenvalue weighted by molar-refractivity contribution is 0.611. The van der Waals surface area contributed by atoms with Crippen molar-refractivity contribution in [1.29, 1.82) is 0 Å². The number of H-pyrrole nitrogens is 1. The van der Waals surface area contributed by atoms with Gasteiger partial charge in [0.05, 0.1) is 0 Å². The lowest BCUT2D eigenvalue weighted by Gasteiger charge is -2.10. The predicted octanol–water partition coefficient (Wildman–Crippen LogP) is 3.40. The Morgan fingerprint density at radius 1 is 1.40 bits per heavy atom. The van der Waals surface area contributed by atoms with Gasteiger partial charge >= 0.3 is 0 Å². The maximum absolute atomic E-state index is 13.4. The molecule has 0 bridgehead atoms. The summed E-state index contributed by atoms with van der Waals surface area (Å²) in [6.07, 6.45) is 3.45. The van der Waals surface area contributed by atoms with Crippen molar-refractivity contribution < 1.29 is 4.39 Å². The topological polar surface area (TPSA) is 28.7 Å². The monoisotopic (exact) mass is 222 g/mol. The van der Waals surface area contributed by atoms with E-state index in [-0.39, 0.29) is 11.1 Å². The van der Waals surface area contributed by atoms with Crippen LogP contribution >= 0.6 is 11.8 Å². The van der Waals surface area contributed by atoms with Crippen LogP contribution in [0.5, 0.6) is 0 Å². The Hall–Kier alpha value is -1.29. The molecule has 1 unspecified atom stereocenters. The van der Waals surface area contributed by atoms with Crippen LogP contribution in [-0.4, -0.2) is 9.97 Å². The average molecular weight is 222 g/mol. The molecular formula is C11H11FN2S. The van der Waals surface area contributed by atoms with Gasteiger partial charge in [-0.3, -0.25) is 0 Å². The number of aromatic amines is 1. The van der Waals surface area contributed by atoms with E-state index >= 15 is 0 Å². The van der Waals surface area contributed by atoms with E-state index in [0.717, 1.165) is 5.16 Å². The van der Waals surface area contributed by atoms with Crippen molar-refractivity contribution in [2.75, 3.05) is 0 Å². The van der Waals surface area contributed by atoms with E-state index in [2.05, 4.69) is 9.97 Å². The molecule has 1 aromatic heterocycles. The molecule has 0 saturated carbocycles. The van der Waals surface area contributed by atoms with E-state index in [1.165, 1.54) is 17.8 Å². The lowest BCUT2D eigenvalue weighted by atomic mass is 10.1. The molecule has 0 aliphatic heterocycles. The number of hydrogen-bond donors (Lipinski definition) is 1. The zero-order chi connectivity index (χ0) is 10.7. The highest BCUT2D eigenvalue weighted by molar-refractivity contribution is 7.99. The summed E-state index contributed by atoms with van der Waals surface area (Å²) in [5, 5.41) is 0.864. The Morgan fingerprint density at radius 2 is 2.20 bits per heavy atom. The molecule has 0 amide bonds. The Morgan fingerprint density at radius 3 is 2.87 bits per heavy atom. The number of nitrogens with one attached hydrogen (secondary N) is 1. The number of hydrogen-bond acceptors (Lipinski definition) is 2. The quantitative estimate of drug-likeness (QED) is 0.806. The van der Waals surface area contributed by atoms with Gasteiger partial charge in [0.15, 0.2) is 5.16 Å². The van der Waals surface area contributed by atoms with Gasteiger partial charge in [-0.25, -0.2) is 9.37 Å². The largest absolute Gasteiger partial charge is 0.340 e. The summed E-state index contributed by atoms with van der Waals surface area (Å²) in [5.74, 6) is -0.163. The van der Waals surface area contributed by atoms with Crippen molar-refractivity contribution in [2.24, 2.45) is 0 Å². The second-order valence-corrected chi connectivity index (χ2v) is 4.51. The summed E-state index contributed by atoms with van der Waals surface area (Å²) in [6, 6.07) is 6.82. The molecule has 0 saturated heterocycles. The Balaban J connectivity index is 2.15. The van der Waals surface area contributed by atoms with Crippen molar-refractivity contribution in [1.82, 2.24) is 9.97 Å². The second kappa shape index (κ2) is 4.49. The van der Waals surface area contributed by atoms with E-state index < -0.39 is 0 Å². The normalized spacial score (nSPS) is 12.7. The first-order chi connectivity index (χ1) is 7.27. The zero-order valence-corrected chi connectivity index (χ0v) is 9.09. The molecule has 1 heterocycles. The molecule has 15 heavy (non-hydrogen) atoms. The van der Waals surface area contributed by atoms with Gasteiger partial charge in [-0.15, -0.1) is 0 Å². The molecular weight excluding hydrogens is 211 g/mol. The summed E-state index contributed by atoms with van der Waals surface area (Å²) < 4.78 is 13.4. The van der Waals surface area contributed by atoms with E-state index in [9.17, 15) is 4.39 Å². The van der Waals surface area contributed by atoms with Crippen molar-refractivity contribution in [2.45, 2.75) is 17.3 Å². The number of thioether (sulfide) groups is 1. The average Bonchev–Trinajstić information content (AvgIpc) is 2.71. The smallest absolute Gasteiger partial charge is 0.165 e. The van der Waals surface area contributed by atoms with Crippen LogP contribution in [-0.2, 0) is 0 Å². The minimum absolute atomic E-state index is 0.0531. The summed E-state index contributed by atoms with van der Waals surface area (Å²) in [6.45, 7) is 1.96. The highest BCUT2D eigenvalue weighted by Gasteiger charge is 2.12. The molecule has 0 aliphatic rings. The van der Waals surface area contributed by atoms with Gasteiger partial charge < -0.3 is 4.98 Å². The number of nitrogens with zero attached hydrogens (tertiary/aromatic N) is 1. The van der Waals surface area contributed by atoms with E-state index in [1.54, 1.807) is 24.5 Å². The predicted molar refractivity (Wildman–Crippen MR) is 59.3 cm³/mol. The van der Waals surface area contributed by atoms with Crippen LogP contribution in [0.15, 0.2) is 41.8 Å². The van der Waals surface area contributed by atoms with Crippen LogP contribution < -0.4 is 0 Å². The number of aromatic nitrogens is 2. The minimum Gasteiger partial charge on any atom is -0.340 e. The number of benzene rings is 1. The van der Waals surface area contributed by atoms with E-state index in [4.69, 9.17) is 0 Å².